The van der Waals surface area contributed by atoms with Crippen LogP contribution in [0.25, 0.3) is 0 Å². The third-order valence-electron chi connectivity index (χ3n) is 5.76. The molecule has 4 rings (SSSR count). The van der Waals surface area contributed by atoms with Crippen molar-refractivity contribution in [1.82, 2.24) is 9.97 Å². The lowest BCUT2D eigenvalue weighted by molar-refractivity contribution is -0.0370. The first-order chi connectivity index (χ1) is 10.2. The molecule has 3 aliphatic rings. The Morgan fingerprint density at radius 2 is 1.95 bits per heavy atom. The third kappa shape index (κ3) is 2.15. The van der Waals surface area contributed by atoms with Crippen LogP contribution in [0.2, 0.25) is 0 Å². The molecule has 4 heteroatoms. The summed E-state index contributed by atoms with van der Waals surface area (Å²) < 4.78 is 5.57. The van der Waals surface area contributed by atoms with Gasteiger partial charge in [-0.3, -0.25) is 0 Å². The van der Waals surface area contributed by atoms with Crippen molar-refractivity contribution in [2.24, 2.45) is 11.3 Å². The second kappa shape index (κ2) is 4.94. The minimum atomic E-state index is 0.592. The summed E-state index contributed by atoms with van der Waals surface area (Å²) in [5.41, 5.74) is 1.67. The van der Waals surface area contributed by atoms with Crippen molar-refractivity contribution < 1.29 is 4.74 Å². The topological polar surface area (TPSA) is 38.2 Å². The second-order valence-electron chi connectivity index (χ2n) is 7.15. The number of rotatable bonds is 2. The Morgan fingerprint density at radius 1 is 1.19 bits per heavy atom. The highest BCUT2D eigenvalue weighted by Gasteiger charge is 2.58. The SMILES string of the molecule is Cc1cc(N2CC3(CCC3)[C@@H]2C2CCOCC2)nc(C)n1. The zero-order valence-corrected chi connectivity index (χ0v) is 13.1. The molecule has 3 heterocycles. The van der Waals surface area contributed by atoms with Gasteiger partial charge in [-0.1, -0.05) is 6.42 Å². The van der Waals surface area contributed by atoms with Gasteiger partial charge in [-0.15, -0.1) is 0 Å². The number of nitrogens with zero attached hydrogens (tertiary/aromatic N) is 3. The van der Waals surface area contributed by atoms with Gasteiger partial charge in [0.05, 0.1) is 0 Å². The molecule has 0 unspecified atom stereocenters. The van der Waals surface area contributed by atoms with E-state index in [1.807, 2.05) is 6.92 Å². The second-order valence-corrected chi connectivity index (χ2v) is 7.15. The van der Waals surface area contributed by atoms with Crippen molar-refractivity contribution in [3.8, 4) is 0 Å². The highest BCUT2D eigenvalue weighted by molar-refractivity contribution is 5.48. The van der Waals surface area contributed by atoms with E-state index < -0.39 is 0 Å². The van der Waals surface area contributed by atoms with Gasteiger partial charge in [0, 0.05) is 43.0 Å². The fourth-order valence-electron chi connectivity index (χ4n) is 4.69. The fourth-order valence-corrected chi connectivity index (χ4v) is 4.69. The Bertz CT molecular complexity index is 515. The lowest BCUT2D eigenvalue weighted by atomic mass is 9.54. The molecule has 0 radical (unpaired) electrons. The van der Waals surface area contributed by atoms with Crippen molar-refractivity contribution in [3.63, 3.8) is 0 Å². The average molecular weight is 287 g/mol. The molecule has 2 aliphatic heterocycles. The van der Waals surface area contributed by atoms with E-state index in [4.69, 9.17) is 9.72 Å². The summed E-state index contributed by atoms with van der Waals surface area (Å²) in [5.74, 6) is 2.82. The van der Waals surface area contributed by atoms with Gasteiger partial charge in [0.1, 0.15) is 11.6 Å². The largest absolute Gasteiger partial charge is 0.381 e. The third-order valence-corrected chi connectivity index (χ3v) is 5.76. The van der Waals surface area contributed by atoms with Crippen LogP contribution in [0, 0.1) is 25.2 Å². The molecule has 3 fully saturated rings. The first-order valence-corrected chi connectivity index (χ1v) is 8.35. The number of aryl methyl sites for hydroxylation is 2. The van der Waals surface area contributed by atoms with Crippen LogP contribution in [0.5, 0.6) is 0 Å². The molecule has 1 aliphatic carbocycles. The van der Waals surface area contributed by atoms with E-state index in [0.29, 0.717) is 11.5 Å². The van der Waals surface area contributed by atoms with Crippen molar-refractivity contribution in [2.45, 2.75) is 52.0 Å². The lowest BCUT2D eigenvalue weighted by Gasteiger charge is -2.65. The number of hydrogen-bond donors (Lipinski definition) is 0. The first-order valence-electron chi connectivity index (χ1n) is 8.35. The Morgan fingerprint density at radius 3 is 2.57 bits per heavy atom. The molecule has 1 saturated carbocycles. The van der Waals surface area contributed by atoms with E-state index in [9.17, 15) is 0 Å². The van der Waals surface area contributed by atoms with Gasteiger partial charge in [0.15, 0.2) is 0 Å². The Hall–Kier alpha value is -1.16. The smallest absolute Gasteiger partial charge is 0.132 e. The summed E-state index contributed by atoms with van der Waals surface area (Å²) in [5, 5.41) is 0. The van der Waals surface area contributed by atoms with Crippen LogP contribution in [0.4, 0.5) is 5.82 Å². The molecule has 1 atom stereocenters. The normalized spacial score (nSPS) is 28.3. The van der Waals surface area contributed by atoms with Crippen LogP contribution in [-0.4, -0.2) is 35.8 Å². The zero-order valence-electron chi connectivity index (χ0n) is 13.1. The summed E-state index contributed by atoms with van der Waals surface area (Å²) >= 11 is 0. The molecule has 1 aromatic heterocycles. The maximum atomic E-state index is 5.57. The Balaban J connectivity index is 1.62. The van der Waals surface area contributed by atoms with Crippen molar-refractivity contribution in [2.75, 3.05) is 24.7 Å². The molecule has 21 heavy (non-hydrogen) atoms. The molecule has 4 nitrogen and oxygen atoms in total. The summed E-state index contributed by atoms with van der Waals surface area (Å²) in [4.78, 5) is 11.7. The number of hydrogen-bond acceptors (Lipinski definition) is 4. The van der Waals surface area contributed by atoms with E-state index >= 15 is 0 Å². The number of aromatic nitrogens is 2. The summed E-state index contributed by atoms with van der Waals surface area (Å²) in [6.07, 6.45) is 6.66. The highest BCUT2D eigenvalue weighted by atomic mass is 16.5. The summed E-state index contributed by atoms with van der Waals surface area (Å²) in [7, 11) is 0. The van der Waals surface area contributed by atoms with Gasteiger partial charge >= 0.3 is 0 Å². The van der Waals surface area contributed by atoms with E-state index in [1.165, 1.54) is 38.6 Å². The highest BCUT2D eigenvalue weighted by Crippen LogP contribution is 2.57. The molecule has 114 valence electrons. The number of anilines is 1. The van der Waals surface area contributed by atoms with Gasteiger partial charge in [0.2, 0.25) is 0 Å². The van der Waals surface area contributed by atoms with Crippen LogP contribution in [0.3, 0.4) is 0 Å². The Kier molecular flexibility index (Phi) is 3.18. The molecule has 0 aromatic carbocycles. The van der Waals surface area contributed by atoms with Gasteiger partial charge in [-0.05, 0) is 45.4 Å². The summed E-state index contributed by atoms with van der Waals surface area (Å²) in [6, 6.07) is 2.84. The molecule has 0 bridgehead atoms. The van der Waals surface area contributed by atoms with Gasteiger partial charge < -0.3 is 9.64 Å². The standard InChI is InChI=1S/C17H25N3O/c1-12-10-15(19-13(2)18-12)20-11-17(6-3-7-17)16(20)14-4-8-21-9-5-14/h10,14,16H,3-9,11H2,1-2H3/t16-/m0/s1. The molecule has 1 spiro atoms. The van der Waals surface area contributed by atoms with Gasteiger partial charge in [0.25, 0.3) is 0 Å². The molecule has 0 N–H and O–H groups in total. The minimum absolute atomic E-state index is 0.592. The molecular weight excluding hydrogens is 262 g/mol. The van der Waals surface area contributed by atoms with Gasteiger partial charge in [-0.2, -0.15) is 0 Å². The van der Waals surface area contributed by atoms with Crippen molar-refractivity contribution >= 4 is 5.82 Å². The van der Waals surface area contributed by atoms with E-state index in [2.05, 4.69) is 22.9 Å². The quantitative estimate of drug-likeness (QED) is 0.838. The zero-order chi connectivity index (χ0) is 14.4. The van der Waals surface area contributed by atoms with Gasteiger partial charge in [-0.25, -0.2) is 9.97 Å². The van der Waals surface area contributed by atoms with Crippen LogP contribution in [-0.2, 0) is 4.74 Å². The summed E-state index contributed by atoms with van der Waals surface area (Å²) in [6.45, 7) is 7.14. The Labute approximate surface area is 126 Å². The molecule has 1 aromatic rings. The predicted octanol–water partition coefficient (Wildman–Crippen LogP) is 2.88. The maximum absolute atomic E-state index is 5.57. The average Bonchev–Trinajstić information content (AvgIpc) is 2.36. The number of ether oxygens (including phenoxy) is 1. The van der Waals surface area contributed by atoms with Crippen LogP contribution < -0.4 is 4.90 Å². The van der Waals surface area contributed by atoms with E-state index in [0.717, 1.165) is 36.5 Å². The molecule has 0 amide bonds. The van der Waals surface area contributed by atoms with E-state index in [-0.39, 0.29) is 0 Å². The molecular formula is C17H25N3O. The first kappa shape index (κ1) is 13.5. The molecule has 2 saturated heterocycles. The van der Waals surface area contributed by atoms with E-state index in [1.54, 1.807) is 0 Å². The van der Waals surface area contributed by atoms with Crippen LogP contribution in [0.1, 0.15) is 43.6 Å². The minimum Gasteiger partial charge on any atom is -0.381 e. The van der Waals surface area contributed by atoms with Crippen LogP contribution >= 0.6 is 0 Å². The maximum Gasteiger partial charge on any atom is 0.132 e. The lowest BCUT2D eigenvalue weighted by Crippen LogP contribution is -2.70. The van der Waals surface area contributed by atoms with Crippen molar-refractivity contribution in [3.05, 3.63) is 17.6 Å². The van der Waals surface area contributed by atoms with Crippen molar-refractivity contribution in [1.29, 1.82) is 0 Å². The van der Waals surface area contributed by atoms with Crippen LogP contribution in [0.15, 0.2) is 6.07 Å². The fraction of sp³-hybridized carbons (Fsp3) is 0.765. The predicted molar refractivity (Wildman–Crippen MR) is 82.5 cm³/mol. The monoisotopic (exact) mass is 287 g/mol.